The van der Waals surface area contributed by atoms with E-state index in [1.807, 2.05) is 103 Å². The Morgan fingerprint density at radius 1 is 0.725 bits per heavy atom. The Kier molecular flexibility index (Phi) is 7.73. The van der Waals surface area contributed by atoms with E-state index in [1.54, 1.807) is 25.1 Å². The van der Waals surface area contributed by atoms with Gasteiger partial charge in [0.15, 0.2) is 11.3 Å². The number of hydrogen-bond acceptors (Lipinski definition) is 5. The molecule has 7 heteroatoms. The van der Waals surface area contributed by atoms with Crippen LogP contribution < -0.4 is 5.43 Å². The normalized spacial score (nSPS) is 15.8. The summed E-state index contributed by atoms with van der Waals surface area (Å²) in [5.41, 5.74) is 4.79. The first-order chi connectivity index (χ1) is 19.5. The molecule has 0 aliphatic heterocycles. The number of ether oxygens (including phenoxy) is 2. The van der Waals surface area contributed by atoms with Crippen molar-refractivity contribution in [2.45, 2.75) is 25.7 Å². The molecule has 0 unspecified atom stereocenters. The van der Waals surface area contributed by atoms with Crippen molar-refractivity contribution in [1.29, 1.82) is 0 Å². The Hall–Kier alpha value is -5.17. The minimum absolute atomic E-state index is 0.0179. The lowest BCUT2D eigenvalue weighted by Gasteiger charge is -2.42. The average molecular weight is 533 g/mol. The number of carbonyl (C=O) groups excluding carboxylic acids is 3. The van der Waals surface area contributed by atoms with E-state index in [4.69, 9.17) is 9.47 Å². The molecular formula is C33H28N2O5. The minimum atomic E-state index is -1.64. The fourth-order valence-corrected chi connectivity index (χ4v) is 4.70. The van der Waals surface area contributed by atoms with Crippen molar-refractivity contribution in [1.82, 2.24) is 10.4 Å². The highest BCUT2D eigenvalue weighted by Crippen LogP contribution is 2.41. The van der Waals surface area contributed by atoms with Crippen molar-refractivity contribution in [2.75, 3.05) is 0 Å². The van der Waals surface area contributed by atoms with Gasteiger partial charge < -0.3 is 9.47 Å². The van der Waals surface area contributed by atoms with Crippen LogP contribution in [-0.4, -0.2) is 23.0 Å². The molecule has 0 radical (unpaired) electrons. The number of nitrogens with one attached hydrogen (secondary N) is 1. The van der Waals surface area contributed by atoms with E-state index < -0.39 is 17.7 Å². The maximum absolute atomic E-state index is 14.3. The maximum Gasteiger partial charge on any atom is 0.430 e. The third kappa shape index (κ3) is 5.49. The Morgan fingerprint density at radius 3 is 1.88 bits per heavy atom. The molecule has 200 valence electrons. The molecule has 0 heterocycles. The van der Waals surface area contributed by atoms with Gasteiger partial charge in [-0.1, -0.05) is 115 Å². The molecule has 0 spiro atoms. The van der Waals surface area contributed by atoms with E-state index in [0.717, 1.165) is 21.7 Å². The molecule has 0 aromatic heterocycles. The summed E-state index contributed by atoms with van der Waals surface area (Å²) in [7, 11) is 0. The lowest BCUT2D eigenvalue weighted by atomic mass is 9.75. The van der Waals surface area contributed by atoms with Crippen molar-refractivity contribution in [3.05, 3.63) is 143 Å². The van der Waals surface area contributed by atoms with E-state index in [0.29, 0.717) is 16.7 Å². The van der Waals surface area contributed by atoms with Crippen LogP contribution in [0.25, 0.3) is 11.6 Å². The van der Waals surface area contributed by atoms with Crippen LogP contribution in [0.5, 0.6) is 0 Å². The Balaban J connectivity index is 1.50. The first-order valence-corrected chi connectivity index (χ1v) is 12.9. The van der Waals surface area contributed by atoms with Crippen molar-refractivity contribution < 1.29 is 23.9 Å². The summed E-state index contributed by atoms with van der Waals surface area (Å²) in [6.07, 6.45) is -0.000943. The number of fused-ring (bicyclic) bond motifs is 1. The van der Waals surface area contributed by atoms with E-state index >= 15 is 0 Å². The third-order valence-corrected chi connectivity index (χ3v) is 6.81. The van der Waals surface area contributed by atoms with Gasteiger partial charge in [-0.3, -0.25) is 4.79 Å². The molecule has 2 amide bonds. The van der Waals surface area contributed by atoms with E-state index in [1.165, 1.54) is 0 Å². The second-order valence-corrected chi connectivity index (χ2v) is 9.46. The van der Waals surface area contributed by atoms with Gasteiger partial charge in [0, 0.05) is 5.57 Å². The van der Waals surface area contributed by atoms with Crippen LogP contribution in [0.2, 0.25) is 0 Å². The second-order valence-electron chi connectivity index (χ2n) is 9.46. The topological polar surface area (TPSA) is 84.9 Å². The zero-order valence-corrected chi connectivity index (χ0v) is 21.9. The molecule has 0 saturated heterocycles. The second kappa shape index (κ2) is 11.7. The van der Waals surface area contributed by atoms with Gasteiger partial charge in [-0.2, -0.15) is 5.01 Å². The molecule has 1 atom stereocenters. The molecule has 1 aliphatic rings. The summed E-state index contributed by atoms with van der Waals surface area (Å²) in [5, 5.41) is 0.945. The largest absolute Gasteiger partial charge is 0.443 e. The fourth-order valence-electron chi connectivity index (χ4n) is 4.70. The standard InChI is InChI=1S/C33H28N2O5/c1-33(29-20-12-11-19-27(29)21-28(30(33)36)26-17-9-4-10-18-26)35(32(38)40-23-25-15-7-3-8-16-25)34-31(37)39-22-24-13-5-2-6-14-24/h2-21H,22-23H2,1H3,(H,34,37)/t33-/m0/s1. The van der Waals surface area contributed by atoms with Gasteiger partial charge in [0.05, 0.1) is 0 Å². The molecule has 5 rings (SSSR count). The van der Waals surface area contributed by atoms with Crippen LogP contribution in [-0.2, 0) is 33.0 Å². The molecule has 1 N–H and O–H groups in total. The molecular weight excluding hydrogens is 504 g/mol. The molecule has 0 saturated carbocycles. The summed E-state index contributed by atoms with van der Waals surface area (Å²) < 4.78 is 11.0. The summed E-state index contributed by atoms with van der Waals surface area (Å²) in [4.78, 5) is 41.0. The Morgan fingerprint density at radius 2 is 1.25 bits per heavy atom. The number of carbonyl (C=O) groups is 3. The molecule has 40 heavy (non-hydrogen) atoms. The molecule has 4 aromatic rings. The maximum atomic E-state index is 14.3. The van der Waals surface area contributed by atoms with E-state index in [2.05, 4.69) is 5.43 Å². The number of benzene rings is 4. The van der Waals surface area contributed by atoms with Crippen LogP contribution in [0.1, 0.15) is 34.7 Å². The minimum Gasteiger partial charge on any atom is -0.443 e. The highest BCUT2D eigenvalue weighted by atomic mass is 16.6. The predicted octanol–water partition coefficient (Wildman–Crippen LogP) is 6.51. The summed E-state index contributed by atoms with van der Waals surface area (Å²) in [6.45, 7) is 1.53. The van der Waals surface area contributed by atoms with Gasteiger partial charge in [-0.15, -0.1) is 0 Å². The summed E-state index contributed by atoms with van der Waals surface area (Å²) in [6, 6.07) is 34.8. The quantitative estimate of drug-likeness (QED) is 0.286. The Labute approximate surface area is 232 Å². The fraction of sp³-hybridized carbons (Fsp3) is 0.121. The van der Waals surface area contributed by atoms with Crippen LogP contribution in [0, 0.1) is 0 Å². The van der Waals surface area contributed by atoms with Crippen molar-refractivity contribution in [3.63, 3.8) is 0 Å². The van der Waals surface area contributed by atoms with Gasteiger partial charge in [-0.05, 0) is 40.8 Å². The number of ketones is 1. The SMILES string of the molecule is C[C@@]1(N(NC(=O)OCc2ccccc2)C(=O)OCc2ccccc2)C(=O)C(c2ccccc2)=Cc2ccccc21. The van der Waals surface area contributed by atoms with Crippen LogP contribution in [0.3, 0.4) is 0 Å². The van der Waals surface area contributed by atoms with Crippen molar-refractivity contribution >= 4 is 29.6 Å². The zero-order chi connectivity index (χ0) is 28.0. The van der Waals surface area contributed by atoms with Crippen molar-refractivity contribution in [3.8, 4) is 0 Å². The van der Waals surface area contributed by atoms with Crippen LogP contribution in [0.15, 0.2) is 115 Å². The number of hydrogen-bond donors (Lipinski definition) is 1. The van der Waals surface area contributed by atoms with Gasteiger partial charge >= 0.3 is 12.2 Å². The highest BCUT2D eigenvalue weighted by molar-refractivity contribution is 6.31. The molecule has 4 aromatic carbocycles. The van der Waals surface area contributed by atoms with Gasteiger partial charge in [-0.25, -0.2) is 15.0 Å². The lowest BCUT2D eigenvalue weighted by Crippen LogP contribution is -2.61. The summed E-state index contributed by atoms with van der Waals surface area (Å²) in [5.74, 6) is -0.377. The third-order valence-electron chi connectivity index (χ3n) is 6.81. The number of nitrogens with zero attached hydrogens (tertiary/aromatic N) is 1. The molecule has 0 fully saturated rings. The number of Topliss-reactive ketones (excluding diaryl/α,β-unsaturated/α-hetero) is 1. The van der Waals surface area contributed by atoms with Crippen LogP contribution >= 0.6 is 0 Å². The van der Waals surface area contributed by atoms with E-state index in [-0.39, 0.29) is 19.0 Å². The first-order valence-electron chi connectivity index (χ1n) is 12.9. The molecule has 1 aliphatic carbocycles. The van der Waals surface area contributed by atoms with Crippen LogP contribution in [0.4, 0.5) is 9.59 Å². The van der Waals surface area contributed by atoms with Gasteiger partial charge in [0.2, 0.25) is 0 Å². The van der Waals surface area contributed by atoms with Gasteiger partial charge in [0.25, 0.3) is 0 Å². The van der Waals surface area contributed by atoms with Crippen molar-refractivity contribution in [2.24, 2.45) is 0 Å². The first kappa shape index (κ1) is 26.4. The Bertz CT molecular complexity index is 1540. The number of amides is 2. The lowest BCUT2D eigenvalue weighted by molar-refractivity contribution is -0.126. The van der Waals surface area contributed by atoms with Gasteiger partial charge in [0.1, 0.15) is 13.2 Å². The molecule has 7 nitrogen and oxygen atoms in total. The average Bonchev–Trinajstić information content (AvgIpc) is 3.01. The molecule has 0 bridgehead atoms. The smallest absolute Gasteiger partial charge is 0.430 e. The number of rotatable bonds is 6. The highest BCUT2D eigenvalue weighted by Gasteiger charge is 2.50. The predicted molar refractivity (Wildman–Crippen MR) is 151 cm³/mol. The monoisotopic (exact) mass is 532 g/mol. The van der Waals surface area contributed by atoms with E-state index in [9.17, 15) is 14.4 Å². The zero-order valence-electron chi connectivity index (χ0n) is 21.9. The number of hydrazine groups is 1. The summed E-state index contributed by atoms with van der Waals surface area (Å²) >= 11 is 0.